The Morgan fingerprint density at radius 1 is 1.35 bits per heavy atom. The summed E-state index contributed by atoms with van der Waals surface area (Å²) in [4.78, 5) is 0. The molecule has 2 aliphatic rings. The molecule has 3 nitrogen and oxygen atoms in total. The molecule has 3 atom stereocenters. The lowest BCUT2D eigenvalue weighted by molar-refractivity contribution is -0.0700. The van der Waals surface area contributed by atoms with Crippen LogP contribution in [0, 0.1) is 22.7 Å². The number of hydrogen-bond acceptors (Lipinski definition) is 3. The standard InChI is InChI=1S/C14H23NO2/c1-2-12-4-3-6-14(16,7-5-12)13(10-15)8-9-17-11-13/h12,16H,2-9,11H2,1H3. The Morgan fingerprint density at radius 2 is 2.18 bits per heavy atom. The van der Waals surface area contributed by atoms with Crippen molar-refractivity contribution in [3.05, 3.63) is 0 Å². The maximum absolute atomic E-state index is 10.9. The molecule has 0 bridgehead atoms. The third-order valence-electron chi connectivity index (χ3n) is 4.87. The normalized spacial score (nSPS) is 43.0. The van der Waals surface area contributed by atoms with Gasteiger partial charge in [0.25, 0.3) is 0 Å². The predicted octanol–water partition coefficient (Wildman–Crippen LogP) is 2.64. The van der Waals surface area contributed by atoms with Crippen LogP contribution in [0.5, 0.6) is 0 Å². The van der Waals surface area contributed by atoms with Gasteiger partial charge in [0.2, 0.25) is 0 Å². The Labute approximate surface area is 104 Å². The van der Waals surface area contributed by atoms with Crippen LogP contribution in [0.1, 0.15) is 51.9 Å². The van der Waals surface area contributed by atoms with E-state index in [0.717, 1.165) is 31.6 Å². The third kappa shape index (κ3) is 2.21. The molecule has 1 aliphatic heterocycles. The van der Waals surface area contributed by atoms with E-state index < -0.39 is 11.0 Å². The van der Waals surface area contributed by atoms with Crippen LogP contribution in [0.4, 0.5) is 0 Å². The summed E-state index contributed by atoms with van der Waals surface area (Å²) in [6.45, 7) is 3.25. The SMILES string of the molecule is CCC1CCCC(O)(C2(C#N)CCOC2)CC1. The van der Waals surface area contributed by atoms with Gasteiger partial charge in [-0.2, -0.15) is 5.26 Å². The Morgan fingerprint density at radius 3 is 2.76 bits per heavy atom. The van der Waals surface area contributed by atoms with Crippen LogP contribution in [0.2, 0.25) is 0 Å². The van der Waals surface area contributed by atoms with Crippen molar-refractivity contribution in [2.45, 2.75) is 57.5 Å². The molecular formula is C14H23NO2. The van der Waals surface area contributed by atoms with Crippen LogP contribution in [-0.2, 0) is 4.74 Å². The second-order valence-corrected chi connectivity index (χ2v) is 5.73. The number of hydrogen-bond donors (Lipinski definition) is 1. The highest BCUT2D eigenvalue weighted by atomic mass is 16.5. The Hall–Kier alpha value is -0.590. The zero-order chi connectivity index (χ0) is 12.4. The van der Waals surface area contributed by atoms with E-state index in [1.165, 1.54) is 12.8 Å². The zero-order valence-electron chi connectivity index (χ0n) is 10.7. The Kier molecular flexibility index (Phi) is 3.75. The summed E-state index contributed by atoms with van der Waals surface area (Å²) in [6.07, 6.45) is 6.70. The molecule has 96 valence electrons. The molecular weight excluding hydrogens is 214 g/mol. The minimum atomic E-state index is -0.817. The van der Waals surface area contributed by atoms with Gasteiger partial charge >= 0.3 is 0 Å². The van der Waals surface area contributed by atoms with E-state index in [1.54, 1.807) is 0 Å². The first kappa shape index (κ1) is 12.9. The first-order valence-electron chi connectivity index (χ1n) is 6.87. The molecule has 2 rings (SSSR count). The van der Waals surface area contributed by atoms with Crippen molar-refractivity contribution < 1.29 is 9.84 Å². The molecule has 3 unspecified atom stereocenters. The number of nitrogens with zero attached hydrogens (tertiary/aromatic N) is 1. The van der Waals surface area contributed by atoms with Crippen LogP contribution in [0.3, 0.4) is 0 Å². The van der Waals surface area contributed by atoms with Crippen LogP contribution >= 0.6 is 0 Å². The van der Waals surface area contributed by atoms with Gasteiger partial charge in [0.05, 0.1) is 18.3 Å². The van der Waals surface area contributed by atoms with Gasteiger partial charge in [-0.3, -0.25) is 0 Å². The van der Waals surface area contributed by atoms with Gasteiger partial charge in [-0.05, 0) is 31.6 Å². The molecule has 1 N–H and O–H groups in total. The minimum Gasteiger partial charge on any atom is -0.388 e. The molecule has 1 aliphatic carbocycles. The summed E-state index contributed by atoms with van der Waals surface area (Å²) in [5, 5.41) is 20.4. The van der Waals surface area contributed by atoms with E-state index in [2.05, 4.69) is 13.0 Å². The fourth-order valence-corrected chi connectivity index (χ4v) is 3.41. The molecule has 1 heterocycles. The number of aliphatic hydroxyl groups is 1. The second-order valence-electron chi connectivity index (χ2n) is 5.73. The average molecular weight is 237 g/mol. The lowest BCUT2D eigenvalue weighted by Gasteiger charge is -2.38. The van der Waals surface area contributed by atoms with Gasteiger partial charge < -0.3 is 9.84 Å². The summed E-state index contributed by atoms with van der Waals surface area (Å²) in [7, 11) is 0. The van der Waals surface area contributed by atoms with E-state index in [1.807, 2.05) is 0 Å². The molecule has 3 heteroatoms. The summed E-state index contributed by atoms with van der Waals surface area (Å²) in [5.41, 5.74) is -1.46. The van der Waals surface area contributed by atoms with Crippen molar-refractivity contribution >= 4 is 0 Å². The Balaban J connectivity index is 2.15. The van der Waals surface area contributed by atoms with Crippen LogP contribution in [0.15, 0.2) is 0 Å². The van der Waals surface area contributed by atoms with Crippen molar-refractivity contribution in [3.8, 4) is 6.07 Å². The molecule has 0 aromatic heterocycles. The van der Waals surface area contributed by atoms with Crippen molar-refractivity contribution in [1.29, 1.82) is 5.26 Å². The van der Waals surface area contributed by atoms with Crippen molar-refractivity contribution in [2.75, 3.05) is 13.2 Å². The van der Waals surface area contributed by atoms with E-state index in [0.29, 0.717) is 19.6 Å². The number of ether oxygens (including phenoxy) is 1. The minimum absolute atomic E-state index is 0.413. The van der Waals surface area contributed by atoms with E-state index in [-0.39, 0.29) is 0 Å². The van der Waals surface area contributed by atoms with Gasteiger partial charge in [0.1, 0.15) is 5.41 Å². The molecule has 0 amide bonds. The lowest BCUT2D eigenvalue weighted by atomic mass is 9.68. The lowest BCUT2D eigenvalue weighted by Crippen LogP contribution is -2.47. The van der Waals surface area contributed by atoms with Gasteiger partial charge in [-0.1, -0.05) is 26.2 Å². The summed E-state index contributed by atoms with van der Waals surface area (Å²) in [6, 6.07) is 2.37. The third-order valence-corrected chi connectivity index (χ3v) is 4.87. The fourth-order valence-electron chi connectivity index (χ4n) is 3.41. The number of nitriles is 1. The van der Waals surface area contributed by atoms with E-state index in [4.69, 9.17) is 4.74 Å². The monoisotopic (exact) mass is 237 g/mol. The van der Waals surface area contributed by atoms with Crippen LogP contribution < -0.4 is 0 Å². The molecule has 0 spiro atoms. The predicted molar refractivity (Wildman–Crippen MR) is 65.3 cm³/mol. The van der Waals surface area contributed by atoms with Gasteiger partial charge in [0.15, 0.2) is 0 Å². The van der Waals surface area contributed by atoms with Crippen molar-refractivity contribution in [1.82, 2.24) is 0 Å². The van der Waals surface area contributed by atoms with Crippen molar-refractivity contribution in [3.63, 3.8) is 0 Å². The molecule has 17 heavy (non-hydrogen) atoms. The largest absolute Gasteiger partial charge is 0.388 e. The van der Waals surface area contributed by atoms with Gasteiger partial charge in [-0.15, -0.1) is 0 Å². The first-order chi connectivity index (χ1) is 8.16. The average Bonchev–Trinajstić information content (AvgIpc) is 2.76. The van der Waals surface area contributed by atoms with Gasteiger partial charge in [0, 0.05) is 6.61 Å². The molecule has 1 saturated heterocycles. The maximum atomic E-state index is 10.9. The molecule has 1 saturated carbocycles. The number of rotatable bonds is 2. The highest BCUT2D eigenvalue weighted by molar-refractivity contribution is 5.13. The molecule has 0 aromatic rings. The summed E-state index contributed by atoms with van der Waals surface area (Å²) >= 11 is 0. The Bertz CT molecular complexity index is 304. The molecule has 0 radical (unpaired) electrons. The maximum Gasteiger partial charge on any atom is 0.111 e. The van der Waals surface area contributed by atoms with Gasteiger partial charge in [-0.25, -0.2) is 0 Å². The fraction of sp³-hybridized carbons (Fsp3) is 0.929. The second kappa shape index (κ2) is 4.96. The highest BCUT2D eigenvalue weighted by Crippen LogP contribution is 2.47. The quantitative estimate of drug-likeness (QED) is 0.751. The zero-order valence-corrected chi connectivity index (χ0v) is 10.7. The van der Waals surface area contributed by atoms with E-state index in [9.17, 15) is 10.4 Å². The van der Waals surface area contributed by atoms with Crippen LogP contribution in [-0.4, -0.2) is 23.9 Å². The summed E-state index contributed by atoms with van der Waals surface area (Å²) < 4.78 is 5.38. The van der Waals surface area contributed by atoms with E-state index >= 15 is 0 Å². The topological polar surface area (TPSA) is 53.2 Å². The van der Waals surface area contributed by atoms with Crippen LogP contribution in [0.25, 0.3) is 0 Å². The highest BCUT2D eigenvalue weighted by Gasteiger charge is 2.53. The molecule has 2 fully saturated rings. The summed E-state index contributed by atoms with van der Waals surface area (Å²) in [5.74, 6) is 0.724. The molecule has 0 aromatic carbocycles. The first-order valence-corrected chi connectivity index (χ1v) is 6.87. The van der Waals surface area contributed by atoms with Crippen molar-refractivity contribution in [2.24, 2.45) is 11.3 Å². The smallest absolute Gasteiger partial charge is 0.111 e.